The van der Waals surface area contributed by atoms with E-state index < -0.39 is 0 Å². The summed E-state index contributed by atoms with van der Waals surface area (Å²) in [5.74, 6) is 1.07. The Morgan fingerprint density at radius 3 is 2.52 bits per heavy atom. The third-order valence-electron chi connectivity index (χ3n) is 4.82. The molecule has 0 amide bonds. The fourth-order valence-electron chi connectivity index (χ4n) is 3.19. The largest absolute Gasteiger partial charge is 0.464 e. The molecule has 3 aromatic rings. The second kappa shape index (κ2) is 12.0. The molecule has 33 heavy (non-hydrogen) atoms. The van der Waals surface area contributed by atoms with Gasteiger partial charge < -0.3 is 29.1 Å². The van der Waals surface area contributed by atoms with Gasteiger partial charge in [-0.1, -0.05) is 19.4 Å². The van der Waals surface area contributed by atoms with Crippen LogP contribution in [0.2, 0.25) is 0 Å². The summed E-state index contributed by atoms with van der Waals surface area (Å²) in [7, 11) is 3.09. The molecule has 0 spiro atoms. The fraction of sp³-hybridized carbons (Fsp3) is 0.435. The molecule has 2 aromatic heterocycles. The number of aromatic nitrogens is 3. The Balaban J connectivity index is 1.88. The van der Waals surface area contributed by atoms with Gasteiger partial charge in [0.25, 0.3) is 5.56 Å². The van der Waals surface area contributed by atoms with E-state index >= 15 is 0 Å². The normalized spacial score (nSPS) is 10.9. The number of hydrogen-bond acceptors (Lipinski definition) is 9. The molecule has 10 nitrogen and oxygen atoms in total. The minimum absolute atomic E-state index is 0.0810. The van der Waals surface area contributed by atoms with E-state index in [0.717, 1.165) is 29.5 Å². The topological polar surface area (TPSA) is 106 Å². The van der Waals surface area contributed by atoms with Crippen LogP contribution in [0.1, 0.15) is 31.0 Å². The van der Waals surface area contributed by atoms with E-state index in [0.29, 0.717) is 36.0 Å². The molecule has 10 heteroatoms. The van der Waals surface area contributed by atoms with Crippen molar-refractivity contribution in [1.82, 2.24) is 14.7 Å². The summed E-state index contributed by atoms with van der Waals surface area (Å²) in [5.41, 5.74) is 2.41. The van der Waals surface area contributed by atoms with Crippen LogP contribution in [0.15, 0.2) is 35.4 Å². The first-order valence-electron chi connectivity index (χ1n) is 10.7. The van der Waals surface area contributed by atoms with E-state index in [4.69, 9.17) is 23.8 Å². The number of ether oxygens (including phenoxy) is 4. The predicted octanol–water partition coefficient (Wildman–Crippen LogP) is 2.91. The number of anilines is 1. The van der Waals surface area contributed by atoms with Crippen LogP contribution in [-0.2, 0) is 16.0 Å². The number of pyridine rings is 1. The van der Waals surface area contributed by atoms with Crippen LogP contribution in [0.4, 0.5) is 5.69 Å². The second-order valence-corrected chi connectivity index (χ2v) is 7.27. The lowest BCUT2D eigenvalue weighted by Crippen LogP contribution is -2.29. The number of hydrogen-bond donors (Lipinski definition) is 1. The molecule has 0 saturated carbocycles. The molecule has 3 rings (SSSR count). The number of fused-ring (bicyclic) bond motifs is 1. The van der Waals surface area contributed by atoms with Crippen LogP contribution in [0.25, 0.3) is 11.0 Å². The molecule has 178 valence electrons. The minimum atomic E-state index is -0.299. The van der Waals surface area contributed by atoms with Crippen molar-refractivity contribution < 1.29 is 23.8 Å². The van der Waals surface area contributed by atoms with E-state index in [1.54, 1.807) is 20.3 Å². The van der Waals surface area contributed by atoms with Gasteiger partial charge >= 0.3 is 0 Å². The van der Waals surface area contributed by atoms with Crippen LogP contribution >= 0.6 is 0 Å². The van der Waals surface area contributed by atoms with Crippen molar-refractivity contribution in [2.24, 2.45) is 0 Å². The van der Waals surface area contributed by atoms with Crippen molar-refractivity contribution >= 4 is 16.7 Å². The van der Waals surface area contributed by atoms with E-state index in [1.807, 2.05) is 19.1 Å². The molecule has 2 heterocycles. The Labute approximate surface area is 192 Å². The molecular weight excluding hydrogens is 428 g/mol. The van der Waals surface area contributed by atoms with Gasteiger partial charge in [0.2, 0.25) is 0 Å². The summed E-state index contributed by atoms with van der Waals surface area (Å²) in [5, 5.41) is 4.05. The van der Waals surface area contributed by atoms with Gasteiger partial charge in [0, 0.05) is 26.8 Å². The minimum Gasteiger partial charge on any atom is -0.464 e. The van der Waals surface area contributed by atoms with E-state index in [9.17, 15) is 4.79 Å². The van der Waals surface area contributed by atoms with Crippen LogP contribution < -0.4 is 25.2 Å². The molecule has 0 aliphatic heterocycles. The number of methoxy groups -OCH3 is 2. The Hall–Kier alpha value is -3.37. The molecule has 1 aromatic carbocycles. The highest BCUT2D eigenvalue weighted by molar-refractivity contribution is 5.90. The number of rotatable bonds is 13. The number of aryl methyl sites for hydroxylation is 1. The summed E-state index contributed by atoms with van der Waals surface area (Å²) in [6.45, 7) is 4.97. The standard InChI is InChI=1S/C23H30N4O6/c1-5-6-9-33-27-21(28)11-18(22-16(2)25-13-26-23(22)27)24-12-17-7-8-19(31-14-29-3)20(10-17)32-15-30-4/h7-8,10-11,13,24H,5-6,9,12,14-15H2,1-4H3. The van der Waals surface area contributed by atoms with Crippen molar-refractivity contribution in [3.05, 3.63) is 52.2 Å². The third kappa shape index (κ3) is 6.11. The highest BCUT2D eigenvalue weighted by Crippen LogP contribution is 2.29. The summed E-state index contributed by atoms with van der Waals surface area (Å²) in [6.07, 6.45) is 3.24. The van der Waals surface area contributed by atoms with Crippen LogP contribution in [0.3, 0.4) is 0 Å². The van der Waals surface area contributed by atoms with Gasteiger partial charge in [-0.2, -0.15) is 0 Å². The van der Waals surface area contributed by atoms with Crippen molar-refractivity contribution in [3.8, 4) is 11.5 Å². The zero-order valence-corrected chi connectivity index (χ0v) is 19.4. The number of nitrogens with zero attached hydrogens (tertiary/aromatic N) is 3. The van der Waals surface area contributed by atoms with Gasteiger partial charge in [0.15, 0.2) is 30.7 Å². The van der Waals surface area contributed by atoms with Gasteiger partial charge in [-0.25, -0.2) is 9.97 Å². The van der Waals surface area contributed by atoms with Gasteiger partial charge in [-0.3, -0.25) is 4.79 Å². The predicted molar refractivity (Wildman–Crippen MR) is 124 cm³/mol. The van der Waals surface area contributed by atoms with E-state index in [-0.39, 0.29) is 19.1 Å². The monoisotopic (exact) mass is 458 g/mol. The molecule has 0 saturated heterocycles. The van der Waals surface area contributed by atoms with Crippen LogP contribution in [-0.4, -0.2) is 49.1 Å². The van der Waals surface area contributed by atoms with Gasteiger partial charge in [-0.15, -0.1) is 4.73 Å². The number of benzene rings is 1. The second-order valence-electron chi connectivity index (χ2n) is 7.27. The van der Waals surface area contributed by atoms with Crippen molar-refractivity contribution in [2.75, 3.05) is 39.7 Å². The maximum absolute atomic E-state index is 12.8. The molecule has 0 atom stereocenters. The number of nitrogens with one attached hydrogen (secondary N) is 1. The molecular formula is C23H30N4O6. The summed E-state index contributed by atoms with van der Waals surface area (Å²) >= 11 is 0. The van der Waals surface area contributed by atoms with E-state index in [2.05, 4.69) is 22.2 Å². The van der Waals surface area contributed by atoms with Crippen molar-refractivity contribution in [2.45, 2.75) is 33.2 Å². The highest BCUT2D eigenvalue weighted by atomic mass is 16.7. The molecule has 1 N–H and O–H groups in total. The van der Waals surface area contributed by atoms with Gasteiger partial charge in [0.05, 0.1) is 16.8 Å². The van der Waals surface area contributed by atoms with Gasteiger partial charge in [-0.05, 0) is 31.0 Å². The lowest BCUT2D eigenvalue weighted by molar-refractivity contribution is 0.0322. The first-order valence-corrected chi connectivity index (χ1v) is 10.7. The Kier molecular flexibility index (Phi) is 8.85. The van der Waals surface area contributed by atoms with E-state index in [1.165, 1.54) is 17.1 Å². The molecule has 0 fully saturated rings. The zero-order chi connectivity index (χ0) is 23.6. The van der Waals surface area contributed by atoms with Crippen molar-refractivity contribution in [1.29, 1.82) is 0 Å². The Morgan fingerprint density at radius 2 is 1.79 bits per heavy atom. The van der Waals surface area contributed by atoms with Crippen molar-refractivity contribution in [3.63, 3.8) is 0 Å². The average Bonchev–Trinajstić information content (AvgIpc) is 2.82. The smallest absolute Gasteiger partial charge is 0.287 e. The Bertz CT molecular complexity index is 1120. The first kappa shape index (κ1) is 24.3. The lowest BCUT2D eigenvalue weighted by atomic mass is 10.1. The number of unbranched alkanes of at least 4 members (excludes halogenated alkanes) is 1. The maximum atomic E-state index is 12.8. The highest BCUT2D eigenvalue weighted by Gasteiger charge is 2.15. The van der Waals surface area contributed by atoms with Crippen LogP contribution in [0.5, 0.6) is 11.5 Å². The Morgan fingerprint density at radius 1 is 1.03 bits per heavy atom. The quantitative estimate of drug-likeness (QED) is 0.306. The maximum Gasteiger partial charge on any atom is 0.287 e. The van der Waals surface area contributed by atoms with Gasteiger partial charge in [0.1, 0.15) is 12.9 Å². The van der Waals surface area contributed by atoms with Crippen LogP contribution in [0, 0.1) is 6.92 Å². The lowest BCUT2D eigenvalue weighted by Gasteiger charge is -2.16. The molecule has 0 aliphatic rings. The molecule has 0 aliphatic carbocycles. The first-order chi connectivity index (χ1) is 16.1. The molecule has 0 radical (unpaired) electrons. The SMILES string of the molecule is CCCCOn1c(=O)cc(NCc2ccc(OCOC)c(OCOC)c2)c2c(C)ncnc21. The summed E-state index contributed by atoms with van der Waals surface area (Å²) in [4.78, 5) is 27.1. The summed E-state index contributed by atoms with van der Waals surface area (Å²) < 4.78 is 22.4. The molecule has 0 unspecified atom stereocenters. The zero-order valence-electron chi connectivity index (χ0n) is 19.4. The molecule has 0 bridgehead atoms. The fourth-order valence-corrected chi connectivity index (χ4v) is 3.19. The average molecular weight is 459 g/mol. The third-order valence-corrected chi connectivity index (χ3v) is 4.82. The summed E-state index contributed by atoms with van der Waals surface area (Å²) in [6, 6.07) is 7.05.